The number of carbonyl (C=O) groups is 1. The smallest absolute Gasteiger partial charge is 0.251 e. The molecule has 98 valence electrons. The minimum atomic E-state index is -0.974. The Balaban J connectivity index is 1.90. The van der Waals surface area contributed by atoms with E-state index in [4.69, 9.17) is 0 Å². The van der Waals surface area contributed by atoms with Crippen molar-refractivity contribution in [2.24, 2.45) is 5.92 Å². The van der Waals surface area contributed by atoms with Gasteiger partial charge in [-0.2, -0.15) is 13.8 Å². The van der Waals surface area contributed by atoms with Crippen LogP contribution in [0.25, 0.3) is 0 Å². The van der Waals surface area contributed by atoms with Gasteiger partial charge in [-0.1, -0.05) is 19.3 Å². The van der Waals surface area contributed by atoms with E-state index < -0.39 is 17.8 Å². The number of amides is 1. The first-order chi connectivity index (χ1) is 8.65. The molecular weight excluding hydrogens is 238 g/mol. The molecule has 0 atom stereocenters. The molecule has 1 fully saturated rings. The van der Waals surface area contributed by atoms with E-state index in [-0.39, 0.29) is 5.56 Å². The average molecular weight is 254 g/mol. The van der Waals surface area contributed by atoms with Crippen LogP contribution >= 0.6 is 0 Å². The molecule has 1 saturated carbocycles. The first-order valence-electron chi connectivity index (χ1n) is 6.26. The van der Waals surface area contributed by atoms with Crippen LogP contribution in [0.1, 0.15) is 42.5 Å². The molecule has 0 spiro atoms. The number of halogens is 2. The molecule has 1 aliphatic rings. The molecule has 0 aromatic carbocycles. The van der Waals surface area contributed by atoms with Crippen LogP contribution in [0, 0.1) is 17.8 Å². The molecule has 3 nitrogen and oxygen atoms in total. The lowest BCUT2D eigenvalue weighted by Gasteiger charge is -2.21. The van der Waals surface area contributed by atoms with Crippen LogP contribution < -0.4 is 5.32 Å². The van der Waals surface area contributed by atoms with Gasteiger partial charge in [0, 0.05) is 24.2 Å². The summed E-state index contributed by atoms with van der Waals surface area (Å²) in [4.78, 5) is 14.7. The van der Waals surface area contributed by atoms with Crippen molar-refractivity contribution in [1.82, 2.24) is 10.3 Å². The van der Waals surface area contributed by atoms with Crippen LogP contribution in [0.5, 0.6) is 0 Å². The summed E-state index contributed by atoms with van der Waals surface area (Å²) >= 11 is 0. The van der Waals surface area contributed by atoms with Gasteiger partial charge in [-0.25, -0.2) is 0 Å². The van der Waals surface area contributed by atoms with Gasteiger partial charge in [-0.3, -0.25) is 4.79 Å². The van der Waals surface area contributed by atoms with Crippen LogP contribution in [0.4, 0.5) is 8.78 Å². The third kappa shape index (κ3) is 3.48. The second-order valence-electron chi connectivity index (χ2n) is 4.72. The Kier molecular flexibility index (Phi) is 4.23. The van der Waals surface area contributed by atoms with Gasteiger partial charge >= 0.3 is 0 Å². The predicted octanol–water partition coefficient (Wildman–Crippen LogP) is 2.67. The summed E-state index contributed by atoms with van der Waals surface area (Å²) in [5.41, 5.74) is -0.0178. The number of hydrogen-bond acceptors (Lipinski definition) is 2. The molecule has 1 aromatic heterocycles. The normalized spacial score (nSPS) is 16.6. The van der Waals surface area contributed by atoms with Crippen molar-refractivity contribution >= 4 is 5.91 Å². The number of nitrogens with one attached hydrogen (secondary N) is 1. The van der Waals surface area contributed by atoms with Crippen molar-refractivity contribution in [2.45, 2.75) is 32.1 Å². The molecule has 0 aliphatic heterocycles. The first-order valence-corrected chi connectivity index (χ1v) is 6.26. The fourth-order valence-electron chi connectivity index (χ4n) is 2.33. The van der Waals surface area contributed by atoms with Crippen LogP contribution in [0.3, 0.4) is 0 Å². The highest BCUT2D eigenvalue weighted by Gasteiger charge is 2.15. The summed E-state index contributed by atoms with van der Waals surface area (Å²) < 4.78 is 25.7. The lowest BCUT2D eigenvalue weighted by Crippen LogP contribution is -2.30. The van der Waals surface area contributed by atoms with E-state index in [0.29, 0.717) is 12.5 Å². The highest BCUT2D eigenvalue weighted by molar-refractivity contribution is 5.94. The molecule has 1 aromatic rings. The van der Waals surface area contributed by atoms with E-state index in [2.05, 4.69) is 10.3 Å². The largest absolute Gasteiger partial charge is 0.352 e. The standard InChI is InChI=1S/C13H16F2N2O/c14-11-6-10(7-12(15)17-11)13(18)16-8-9-4-2-1-3-5-9/h6-7,9H,1-5,8H2,(H,16,18). The number of aromatic nitrogens is 1. The fourth-order valence-corrected chi connectivity index (χ4v) is 2.33. The minimum Gasteiger partial charge on any atom is -0.352 e. The van der Waals surface area contributed by atoms with E-state index in [1.165, 1.54) is 19.3 Å². The van der Waals surface area contributed by atoms with Crippen molar-refractivity contribution in [2.75, 3.05) is 6.54 Å². The van der Waals surface area contributed by atoms with Gasteiger partial charge in [0.15, 0.2) is 0 Å². The Morgan fingerprint density at radius 2 is 1.83 bits per heavy atom. The Bertz CT molecular complexity index is 411. The van der Waals surface area contributed by atoms with E-state index >= 15 is 0 Å². The zero-order chi connectivity index (χ0) is 13.0. The molecular formula is C13H16F2N2O. The average Bonchev–Trinajstić information content (AvgIpc) is 2.36. The Morgan fingerprint density at radius 1 is 1.22 bits per heavy atom. The van der Waals surface area contributed by atoms with Crippen molar-refractivity contribution in [3.63, 3.8) is 0 Å². The molecule has 0 unspecified atom stereocenters. The van der Waals surface area contributed by atoms with Crippen molar-refractivity contribution in [3.05, 3.63) is 29.6 Å². The molecule has 0 saturated heterocycles. The van der Waals surface area contributed by atoms with E-state index in [1.807, 2.05) is 0 Å². The Hall–Kier alpha value is -1.52. The number of rotatable bonds is 3. The Morgan fingerprint density at radius 3 is 2.44 bits per heavy atom. The van der Waals surface area contributed by atoms with Crippen LogP contribution in [0.15, 0.2) is 12.1 Å². The second-order valence-corrected chi connectivity index (χ2v) is 4.72. The second kappa shape index (κ2) is 5.89. The molecule has 18 heavy (non-hydrogen) atoms. The van der Waals surface area contributed by atoms with Crippen molar-refractivity contribution < 1.29 is 13.6 Å². The molecule has 5 heteroatoms. The molecule has 1 aliphatic carbocycles. The van der Waals surface area contributed by atoms with Gasteiger partial charge in [0.25, 0.3) is 5.91 Å². The van der Waals surface area contributed by atoms with E-state index in [1.54, 1.807) is 0 Å². The molecule has 0 bridgehead atoms. The third-order valence-corrected chi connectivity index (χ3v) is 3.30. The summed E-state index contributed by atoms with van der Waals surface area (Å²) in [6.45, 7) is 0.574. The van der Waals surface area contributed by atoms with E-state index in [9.17, 15) is 13.6 Å². The van der Waals surface area contributed by atoms with Crippen LogP contribution in [-0.2, 0) is 0 Å². The van der Waals surface area contributed by atoms with Gasteiger partial charge in [0.1, 0.15) is 0 Å². The maximum Gasteiger partial charge on any atom is 0.251 e. The summed E-state index contributed by atoms with van der Waals surface area (Å²) in [6.07, 6.45) is 5.86. The topological polar surface area (TPSA) is 42.0 Å². The summed E-state index contributed by atoms with van der Waals surface area (Å²) in [5, 5.41) is 2.72. The van der Waals surface area contributed by atoms with Gasteiger partial charge < -0.3 is 5.32 Å². The fraction of sp³-hybridized carbons (Fsp3) is 0.538. The Labute approximate surface area is 105 Å². The molecule has 1 N–H and O–H groups in total. The van der Waals surface area contributed by atoms with Gasteiger partial charge in [-0.05, 0) is 18.8 Å². The first kappa shape index (κ1) is 12.9. The maximum absolute atomic E-state index is 12.9. The van der Waals surface area contributed by atoms with Crippen molar-refractivity contribution in [1.29, 1.82) is 0 Å². The lowest BCUT2D eigenvalue weighted by atomic mass is 9.89. The summed E-state index contributed by atoms with van der Waals surface area (Å²) in [6, 6.07) is 1.89. The zero-order valence-electron chi connectivity index (χ0n) is 10.1. The summed E-state index contributed by atoms with van der Waals surface area (Å²) in [7, 11) is 0. The molecule has 1 amide bonds. The number of carbonyl (C=O) groups excluding carboxylic acids is 1. The SMILES string of the molecule is O=C(NCC1CCCCC1)c1cc(F)nc(F)c1. The van der Waals surface area contributed by atoms with Gasteiger partial charge in [0.2, 0.25) is 11.9 Å². The maximum atomic E-state index is 12.9. The third-order valence-electron chi connectivity index (χ3n) is 3.30. The molecule has 2 rings (SSSR count). The summed E-state index contributed by atoms with van der Waals surface area (Å²) in [5.74, 6) is -1.91. The van der Waals surface area contributed by atoms with Crippen LogP contribution in [0.2, 0.25) is 0 Å². The number of nitrogens with zero attached hydrogens (tertiary/aromatic N) is 1. The minimum absolute atomic E-state index is 0.0178. The van der Waals surface area contributed by atoms with Crippen LogP contribution in [-0.4, -0.2) is 17.4 Å². The van der Waals surface area contributed by atoms with E-state index in [0.717, 1.165) is 25.0 Å². The molecule has 0 radical (unpaired) electrons. The highest BCUT2D eigenvalue weighted by atomic mass is 19.1. The van der Waals surface area contributed by atoms with Crippen molar-refractivity contribution in [3.8, 4) is 0 Å². The number of pyridine rings is 1. The number of hydrogen-bond donors (Lipinski definition) is 1. The molecule has 1 heterocycles. The highest BCUT2D eigenvalue weighted by Crippen LogP contribution is 2.22. The predicted molar refractivity (Wildman–Crippen MR) is 63.1 cm³/mol. The van der Waals surface area contributed by atoms with Gasteiger partial charge in [0.05, 0.1) is 0 Å². The van der Waals surface area contributed by atoms with Gasteiger partial charge in [-0.15, -0.1) is 0 Å². The zero-order valence-corrected chi connectivity index (χ0v) is 10.1. The quantitative estimate of drug-likeness (QED) is 0.843. The monoisotopic (exact) mass is 254 g/mol. The lowest BCUT2D eigenvalue weighted by molar-refractivity contribution is 0.0942.